The third-order valence-electron chi connectivity index (χ3n) is 4.12. The molecule has 2 aromatic carbocycles. The van der Waals surface area contributed by atoms with Gasteiger partial charge in [0.2, 0.25) is 5.78 Å². The molecule has 2 aromatic rings. The van der Waals surface area contributed by atoms with Crippen LogP contribution >= 0.6 is 0 Å². The van der Waals surface area contributed by atoms with E-state index < -0.39 is 11.8 Å². The highest BCUT2D eigenvalue weighted by Gasteiger charge is 2.28. The van der Waals surface area contributed by atoms with Crippen molar-refractivity contribution in [2.75, 3.05) is 48.8 Å². The second-order valence-corrected chi connectivity index (χ2v) is 6.16. The first-order valence-corrected chi connectivity index (χ1v) is 9.26. The van der Waals surface area contributed by atoms with Gasteiger partial charge in [-0.2, -0.15) is 0 Å². The van der Waals surface area contributed by atoms with Gasteiger partial charge in [0.05, 0.1) is 18.2 Å². The standard InChI is InChI=1S/C22H24O10/c1-26-11-30-16-7-5-6-14(10-23)19(16)21(24)20-17(31-12-27-2)8-15(22(25)29-4)9-18(20)32-13-28-3/h5-10H,11-13H2,1-4H3. The Balaban J connectivity index is 2.74. The van der Waals surface area contributed by atoms with Gasteiger partial charge in [0.1, 0.15) is 22.8 Å². The highest BCUT2D eigenvalue weighted by atomic mass is 16.7. The summed E-state index contributed by atoms with van der Waals surface area (Å²) in [5.74, 6) is -1.25. The molecule has 0 aliphatic carbocycles. The Morgan fingerprint density at radius 1 is 0.781 bits per heavy atom. The van der Waals surface area contributed by atoms with Crippen molar-refractivity contribution in [2.45, 2.75) is 0 Å². The second-order valence-electron chi connectivity index (χ2n) is 6.16. The summed E-state index contributed by atoms with van der Waals surface area (Å²) in [6.45, 7) is -0.599. The number of aldehydes is 1. The highest BCUT2D eigenvalue weighted by molar-refractivity contribution is 6.17. The van der Waals surface area contributed by atoms with E-state index in [1.165, 1.54) is 52.7 Å². The fourth-order valence-electron chi connectivity index (χ4n) is 2.78. The van der Waals surface area contributed by atoms with Gasteiger partial charge < -0.3 is 33.2 Å². The second kappa shape index (κ2) is 12.4. The number of methoxy groups -OCH3 is 4. The van der Waals surface area contributed by atoms with E-state index in [4.69, 9.17) is 33.2 Å². The molecule has 0 bridgehead atoms. The summed E-state index contributed by atoms with van der Waals surface area (Å²) in [7, 11) is 5.43. The van der Waals surface area contributed by atoms with Crippen LogP contribution < -0.4 is 14.2 Å². The average molecular weight is 448 g/mol. The van der Waals surface area contributed by atoms with E-state index in [-0.39, 0.29) is 59.9 Å². The first-order valence-electron chi connectivity index (χ1n) is 9.26. The molecule has 0 aliphatic rings. The third kappa shape index (κ3) is 5.82. The van der Waals surface area contributed by atoms with E-state index in [1.807, 2.05) is 0 Å². The molecule has 0 aliphatic heterocycles. The van der Waals surface area contributed by atoms with E-state index in [9.17, 15) is 14.4 Å². The third-order valence-corrected chi connectivity index (χ3v) is 4.12. The normalized spacial score (nSPS) is 10.4. The minimum Gasteiger partial charge on any atom is -0.467 e. The molecule has 10 heteroatoms. The van der Waals surface area contributed by atoms with Crippen LogP contribution in [0.15, 0.2) is 30.3 Å². The largest absolute Gasteiger partial charge is 0.467 e. The summed E-state index contributed by atoms with van der Waals surface area (Å²) in [5, 5.41) is 0. The molecule has 10 nitrogen and oxygen atoms in total. The van der Waals surface area contributed by atoms with Crippen LogP contribution in [0.1, 0.15) is 36.6 Å². The Kier molecular flexibility index (Phi) is 9.61. The van der Waals surface area contributed by atoms with Crippen molar-refractivity contribution in [3.63, 3.8) is 0 Å². The molecule has 172 valence electrons. The molecule has 32 heavy (non-hydrogen) atoms. The molecular formula is C22H24O10. The van der Waals surface area contributed by atoms with Crippen molar-refractivity contribution >= 4 is 18.0 Å². The number of ether oxygens (including phenoxy) is 7. The SMILES string of the molecule is COCOc1cccc(C=O)c1C(=O)c1c(OCOC)cc(C(=O)OC)cc1OCOC. The smallest absolute Gasteiger partial charge is 0.338 e. The lowest BCUT2D eigenvalue weighted by Crippen LogP contribution is -2.16. The number of carbonyl (C=O) groups excluding carboxylic acids is 3. The van der Waals surface area contributed by atoms with E-state index in [1.54, 1.807) is 6.07 Å². The van der Waals surface area contributed by atoms with Crippen LogP contribution in [-0.4, -0.2) is 66.9 Å². The number of hydrogen-bond acceptors (Lipinski definition) is 10. The number of carbonyl (C=O) groups is 3. The molecule has 0 heterocycles. The molecule has 0 spiro atoms. The van der Waals surface area contributed by atoms with Crippen LogP contribution in [0.4, 0.5) is 0 Å². The van der Waals surface area contributed by atoms with Gasteiger partial charge in [0.15, 0.2) is 26.7 Å². The zero-order valence-corrected chi connectivity index (χ0v) is 18.2. The molecule has 0 radical (unpaired) electrons. The van der Waals surface area contributed by atoms with Crippen LogP contribution in [0, 0.1) is 0 Å². The van der Waals surface area contributed by atoms with Gasteiger partial charge in [-0.3, -0.25) is 9.59 Å². The van der Waals surface area contributed by atoms with Crippen LogP contribution in [0.5, 0.6) is 17.2 Å². The summed E-state index contributed by atoms with van der Waals surface area (Å²) in [6.07, 6.45) is 0.529. The number of hydrogen-bond donors (Lipinski definition) is 0. The van der Waals surface area contributed by atoms with Gasteiger partial charge in [-0.1, -0.05) is 12.1 Å². The Labute approximate surface area is 184 Å². The fourth-order valence-corrected chi connectivity index (χ4v) is 2.78. The molecule has 0 N–H and O–H groups in total. The van der Waals surface area contributed by atoms with Gasteiger partial charge in [-0.05, 0) is 18.2 Å². The number of ketones is 1. The van der Waals surface area contributed by atoms with Gasteiger partial charge in [0.25, 0.3) is 0 Å². The quantitative estimate of drug-likeness (QED) is 0.196. The molecule has 0 saturated heterocycles. The molecule has 0 fully saturated rings. The maximum absolute atomic E-state index is 13.7. The predicted octanol–water partition coefficient (Wildman–Crippen LogP) is 2.46. The first-order chi connectivity index (χ1) is 15.5. The fraction of sp³-hybridized carbons (Fsp3) is 0.318. The lowest BCUT2D eigenvalue weighted by molar-refractivity contribution is 0.0434. The van der Waals surface area contributed by atoms with Gasteiger partial charge >= 0.3 is 5.97 Å². The summed E-state index contributed by atoms with van der Waals surface area (Å²) >= 11 is 0. The van der Waals surface area contributed by atoms with E-state index in [0.29, 0.717) is 6.29 Å². The minimum atomic E-state index is -0.675. The summed E-state index contributed by atoms with van der Waals surface area (Å²) in [4.78, 5) is 37.5. The van der Waals surface area contributed by atoms with Crippen LogP contribution in [0.25, 0.3) is 0 Å². The molecule has 0 amide bonds. The van der Waals surface area contributed by atoms with E-state index in [0.717, 1.165) is 0 Å². The Morgan fingerprint density at radius 3 is 1.78 bits per heavy atom. The van der Waals surface area contributed by atoms with Crippen molar-refractivity contribution in [1.82, 2.24) is 0 Å². The topological polar surface area (TPSA) is 116 Å². The van der Waals surface area contributed by atoms with Crippen molar-refractivity contribution in [2.24, 2.45) is 0 Å². The highest BCUT2D eigenvalue weighted by Crippen LogP contribution is 2.36. The van der Waals surface area contributed by atoms with Crippen molar-refractivity contribution < 1.29 is 47.5 Å². The van der Waals surface area contributed by atoms with Gasteiger partial charge in [0, 0.05) is 26.9 Å². The Bertz CT molecular complexity index is 925. The molecule has 0 saturated carbocycles. The molecule has 0 aromatic heterocycles. The van der Waals surface area contributed by atoms with Gasteiger partial charge in [-0.25, -0.2) is 4.79 Å². The van der Waals surface area contributed by atoms with Crippen LogP contribution in [0.2, 0.25) is 0 Å². The zero-order chi connectivity index (χ0) is 23.5. The van der Waals surface area contributed by atoms with Crippen molar-refractivity contribution in [1.29, 1.82) is 0 Å². The van der Waals surface area contributed by atoms with Gasteiger partial charge in [-0.15, -0.1) is 0 Å². The van der Waals surface area contributed by atoms with Crippen molar-refractivity contribution in [3.8, 4) is 17.2 Å². The lowest BCUT2D eigenvalue weighted by Gasteiger charge is -2.18. The molecular weight excluding hydrogens is 424 g/mol. The van der Waals surface area contributed by atoms with E-state index >= 15 is 0 Å². The lowest BCUT2D eigenvalue weighted by atomic mass is 9.95. The summed E-state index contributed by atoms with van der Waals surface area (Å²) in [5.41, 5.74) is 0.0510. The van der Waals surface area contributed by atoms with E-state index in [2.05, 4.69) is 0 Å². The first kappa shape index (κ1) is 24.8. The summed E-state index contributed by atoms with van der Waals surface area (Å²) in [6, 6.07) is 7.19. The average Bonchev–Trinajstić information content (AvgIpc) is 2.83. The molecule has 0 atom stereocenters. The number of esters is 1. The molecule has 2 rings (SSSR count). The zero-order valence-electron chi connectivity index (χ0n) is 18.2. The van der Waals surface area contributed by atoms with Crippen LogP contribution in [-0.2, 0) is 18.9 Å². The number of benzene rings is 2. The Morgan fingerprint density at radius 2 is 1.31 bits per heavy atom. The molecule has 0 unspecified atom stereocenters. The van der Waals surface area contributed by atoms with Crippen molar-refractivity contribution in [3.05, 3.63) is 52.6 Å². The predicted molar refractivity (Wildman–Crippen MR) is 111 cm³/mol. The van der Waals surface area contributed by atoms with Crippen LogP contribution in [0.3, 0.4) is 0 Å². The number of rotatable bonds is 13. The monoisotopic (exact) mass is 448 g/mol. The summed E-state index contributed by atoms with van der Waals surface area (Å²) < 4.78 is 36.2. The maximum Gasteiger partial charge on any atom is 0.338 e. The maximum atomic E-state index is 13.7. The Hall–Kier alpha value is -3.47. The minimum absolute atomic E-state index is 0.0238.